The second kappa shape index (κ2) is 4.94. The number of aryl methyl sites for hydroxylation is 1. The van der Waals surface area contributed by atoms with Crippen LogP contribution in [-0.4, -0.2) is 21.8 Å². The third-order valence-electron chi connectivity index (χ3n) is 3.55. The Labute approximate surface area is 112 Å². The third-order valence-corrected chi connectivity index (χ3v) is 4.37. The van der Waals surface area contributed by atoms with E-state index in [1.54, 1.807) is 0 Å². The first-order chi connectivity index (χ1) is 8.85. The van der Waals surface area contributed by atoms with Gasteiger partial charge in [-0.1, -0.05) is 6.92 Å². The molecule has 4 heteroatoms. The van der Waals surface area contributed by atoms with E-state index in [2.05, 4.69) is 35.9 Å². The standard InChI is InChI=1S/C14H19N3S/c1-3-17-12-7-8-15-9-11(12)10-5-6-13(18-4-2)16-14(10)17/h5-6,15H,3-4,7-9H2,1-2H3. The second-order valence-corrected chi connectivity index (χ2v) is 5.83. The van der Waals surface area contributed by atoms with E-state index >= 15 is 0 Å². The first kappa shape index (κ1) is 12.1. The highest BCUT2D eigenvalue weighted by molar-refractivity contribution is 7.99. The molecule has 0 fully saturated rings. The van der Waals surface area contributed by atoms with Gasteiger partial charge in [0.2, 0.25) is 0 Å². The molecular weight excluding hydrogens is 242 g/mol. The van der Waals surface area contributed by atoms with E-state index in [1.165, 1.54) is 22.3 Å². The van der Waals surface area contributed by atoms with Gasteiger partial charge in [-0.2, -0.15) is 0 Å². The lowest BCUT2D eigenvalue weighted by Gasteiger charge is -2.15. The van der Waals surface area contributed by atoms with Crippen LogP contribution in [0.1, 0.15) is 25.1 Å². The number of pyridine rings is 1. The van der Waals surface area contributed by atoms with Crippen molar-refractivity contribution in [3.63, 3.8) is 0 Å². The van der Waals surface area contributed by atoms with Gasteiger partial charge in [0.05, 0.1) is 5.03 Å². The Hall–Kier alpha value is -1.00. The first-order valence-corrected chi connectivity index (χ1v) is 7.68. The van der Waals surface area contributed by atoms with Gasteiger partial charge in [0.15, 0.2) is 0 Å². The zero-order valence-electron chi connectivity index (χ0n) is 11.0. The van der Waals surface area contributed by atoms with Gasteiger partial charge in [0, 0.05) is 37.1 Å². The summed E-state index contributed by atoms with van der Waals surface area (Å²) in [6.07, 6.45) is 1.12. The van der Waals surface area contributed by atoms with E-state index < -0.39 is 0 Å². The molecule has 2 aromatic heterocycles. The lowest BCUT2D eigenvalue weighted by Crippen LogP contribution is -2.24. The maximum atomic E-state index is 4.84. The number of nitrogens with one attached hydrogen (secondary N) is 1. The summed E-state index contributed by atoms with van der Waals surface area (Å²) in [7, 11) is 0. The fourth-order valence-electron chi connectivity index (χ4n) is 2.79. The average molecular weight is 261 g/mol. The Balaban J connectivity index is 2.21. The van der Waals surface area contributed by atoms with Crippen molar-refractivity contribution in [2.24, 2.45) is 0 Å². The summed E-state index contributed by atoms with van der Waals surface area (Å²) in [6, 6.07) is 4.41. The molecule has 1 aliphatic heterocycles. The summed E-state index contributed by atoms with van der Waals surface area (Å²) in [5, 5.41) is 5.94. The molecule has 0 unspecified atom stereocenters. The first-order valence-electron chi connectivity index (χ1n) is 6.69. The van der Waals surface area contributed by atoms with Crippen LogP contribution in [0, 0.1) is 0 Å². The Morgan fingerprint density at radius 1 is 1.39 bits per heavy atom. The molecule has 3 heterocycles. The minimum Gasteiger partial charge on any atom is -0.329 e. The molecule has 0 saturated carbocycles. The highest BCUT2D eigenvalue weighted by atomic mass is 32.2. The fraction of sp³-hybridized carbons (Fsp3) is 0.500. The highest BCUT2D eigenvalue weighted by Crippen LogP contribution is 2.29. The highest BCUT2D eigenvalue weighted by Gasteiger charge is 2.19. The van der Waals surface area contributed by atoms with Gasteiger partial charge in [-0.15, -0.1) is 11.8 Å². The van der Waals surface area contributed by atoms with Gasteiger partial charge in [-0.3, -0.25) is 0 Å². The molecule has 0 bridgehead atoms. The zero-order valence-corrected chi connectivity index (χ0v) is 11.8. The Morgan fingerprint density at radius 3 is 3.06 bits per heavy atom. The summed E-state index contributed by atoms with van der Waals surface area (Å²) in [4.78, 5) is 4.84. The van der Waals surface area contributed by atoms with Gasteiger partial charge in [0.25, 0.3) is 0 Å². The van der Waals surface area contributed by atoms with Crippen LogP contribution in [0.3, 0.4) is 0 Å². The largest absolute Gasteiger partial charge is 0.329 e. The van der Waals surface area contributed by atoms with Crippen LogP contribution in [0.15, 0.2) is 17.2 Å². The lowest BCUT2D eigenvalue weighted by molar-refractivity contribution is 0.605. The topological polar surface area (TPSA) is 29.9 Å². The summed E-state index contributed by atoms with van der Waals surface area (Å²) in [5.41, 5.74) is 4.11. The molecule has 0 aliphatic carbocycles. The summed E-state index contributed by atoms with van der Waals surface area (Å²) in [6.45, 7) is 7.47. The number of nitrogens with zero attached hydrogens (tertiary/aromatic N) is 2. The smallest absolute Gasteiger partial charge is 0.141 e. The minimum absolute atomic E-state index is 0.987. The molecular formula is C14H19N3S. The number of hydrogen-bond acceptors (Lipinski definition) is 3. The van der Waals surface area contributed by atoms with E-state index in [0.29, 0.717) is 0 Å². The molecule has 3 rings (SSSR count). The van der Waals surface area contributed by atoms with Crippen LogP contribution in [-0.2, 0) is 19.5 Å². The molecule has 0 spiro atoms. The van der Waals surface area contributed by atoms with Crippen molar-refractivity contribution in [3.05, 3.63) is 23.4 Å². The van der Waals surface area contributed by atoms with Crippen molar-refractivity contribution in [1.29, 1.82) is 0 Å². The number of aromatic nitrogens is 2. The molecule has 1 aliphatic rings. The number of hydrogen-bond donors (Lipinski definition) is 1. The Kier molecular flexibility index (Phi) is 3.31. The molecule has 18 heavy (non-hydrogen) atoms. The molecule has 2 aromatic rings. The van der Waals surface area contributed by atoms with E-state index in [-0.39, 0.29) is 0 Å². The quantitative estimate of drug-likeness (QED) is 0.862. The number of rotatable bonds is 3. The predicted molar refractivity (Wildman–Crippen MR) is 77.2 cm³/mol. The van der Waals surface area contributed by atoms with Crippen LogP contribution >= 0.6 is 11.8 Å². The molecule has 0 aromatic carbocycles. The van der Waals surface area contributed by atoms with Gasteiger partial charge in [-0.25, -0.2) is 4.98 Å². The minimum atomic E-state index is 0.987. The monoisotopic (exact) mass is 261 g/mol. The zero-order chi connectivity index (χ0) is 12.5. The van der Waals surface area contributed by atoms with Crippen molar-refractivity contribution >= 4 is 22.8 Å². The second-order valence-electron chi connectivity index (χ2n) is 4.55. The van der Waals surface area contributed by atoms with Crippen molar-refractivity contribution in [3.8, 4) is 0 Å². The maximum Gasteiger partial charge on any atom is 0.141 e. The van der Waals surface area contributed by atoms with E-state index in [1.807, 2.05) is 11.8 Å². The maximum absolute atomic E-state index is 4.84. The van der Waals surface area contributed by atoms with Crippen LogP contribution in [0.5, 0.6) is 0 Å². The van der Waals surface area contributed by atoms with Crippen molar-refractivity contribution in [2.45, 2.75) is 38.4 Å². The van der Waals surface area contributed by atoms with E-state index in [4.69, 9.17) is 4.98 Å². The Morgan fingerprint density at radius 2 is 2.28 bits per heavy atom. The Bertz CT molecular complexity index is 574. The third kappa shape index (κ3) is 1.84. The van der Waals surface area contributed by atoms with Gasteiger partial charge < -0.3 is 9.88 Å². The summed E-state index contributed by atoms with van der Waals surface area (Å²) < 4.78 is 2.39. The van der Waals surface area contributed by atoms with Crippen LogP contribution in [0.4, 0.5) is 0 Å². The van der Waals surface area contributed by atoms with Crippen molar-refractivity contribution in [1.82, 2.24) is 14.9 Å². The lowest BCUT2D eigenvalue weighted by atomic mass is 10.1. The molecule has 3 nitrogen and oxygen atoms in total. The van der Waals surface area contributed by atoms with E-state index in [0.717, 1.165) is 36.8 Å². The molecule has 0 saturated heterocycles. The van der Waals surface area contributed by atoms with Crippen LogP contribution in [0.2, 0.25) is 0 Å². The van der Waals surface area contributed by atoms with Gasteiger partial charge >= 0.3 is 0 Å². The van der Waals surface area contributed by atoms with Crippen molar-refractivity contribution < 1.29 is 0 Å². The number of fused-ring (bicyclic) bond motifs is 3. The average Bonchev–Trinajstić information content (AvgIpc) is 2.72. The fourth-order valence-corrected chi connectivity index (χ4v) is 3.40. The van der Waals surface area contributed by atoms with Crippen LogP contribution in [0.25, 0.3) is 11.0 Å². The van der Waals surface area contributed by atoms with Gasteiger partial charge in [0.1, 0.15) is 5.65 Å². The molecule has 1 N–H and O–H groups in total. The normalized spacial score (nSPS) is 15.0. The van der Waals surface area contributed by atoms with Gasteiger partial charge in [-0.05, 0) is 30.4 Å². The predicted octanol–water partition coefficient (Wildman–Crippen LogP) is 2.81. The SMILES string of the molecule is CCSc1ccc2c3c(n(CC)c2n1)CCNC3. The molecule has 0 radical (unpaired) electrons. The summed E-state index contributed by atoms with van der Waals surface area (Å²) >= 11 is 1.82. The van der Waals surface area contributed by atoms with Crippen molar-refractivity contribution in [2.75, 3.05) is 12.3 Å². The summed E-state index contributed by atoms with van der Waals surface area (Å²) in [5.74, 6) is 1.08. The van der Waals surface area contributed by atoms with E-state index in [9.17, 15) is 0 Å². The number of thioether (sulfide) groups is 1. The molecule has 96 valence electrons. The molecule has 0 atom stereocenters. The van der Waals surface area contributed by atoms with Crippen LogP contribution < -0.4 is 5.32 Å². The molecule has 0 amide bonds.